The Kier molecular flexibility index (Phi) is 6.55. The molecule has 0 saturated heterocycles. The van der Waals surface area contributed by atoms with Gasteiger partial charge < -0.3 is 14.8 Å². The van der Waals surface area contributed by atoms with Crippen LogP contribution in [-0.4, -0.2) is 35.5 Å². The van der Waals surface area contributed by atoms with Gasteiger partial charge in [0.1, 0.15) is 23.0 Å². The third kappa shape index (κ3) is 6.05. The molecule has 184 valence electrons. The minimum atomic E-state index is -1.89. The second kappa shape index (κ2) is 9.77. The van der Waals surface area contributed by atoms with Crippen LogP contribution in [0.2, 0.25) is 0 Å². The number of hydrogen-bond acceptors (Lipinski definition) is 7. The topological polar surface area (TPSA) is 92.5 Å². The summed E-state index contributed by atoms with van der Waals surface area (Å²) in [5.41, 5.74) is 1.97. The van der Waals surface area contributed by atoms with Crippen molar-refractivity contribution in [3.63, 3.8) is 0 Å². The Balaban J connectivity index is 1.53. The molecular formula is C25H27F2N5O2S. The van der Waals surface area contributed by atoms with Crippen molar-refractivity contribution in [3.8, 4) is 22.8 Å². The van der Waals surface area contributed by atoms with Gasteiger partial charge in [-0.1, -0.05) is 9.62 Å². The summed E-state index contributed by atoms with van der Waals surface area (Å²) in [6.45, 7) is 0.796. The molecule has 7 nitrogen and oxygen atoms in total. The van der Waals surface area contributed by atoms with Crippen LogP contribution in [0.1, 0.15) is 31.2 Å². The van der Waals surface area contributed by atoms with Gasteiger partial charge in [0, 0.05) is 35.4 Å². The zero-order valence-corrected chi connectivity index (χ0v) is 20.2. The average molecular weight is 500 g/mol. The molecule has 1 unspecified atom stereocenters. The number of halogens is 2. The smallest absolute Gasteiger partial charge is 0.227 e. The molecule has 1 aromatic heterocycles. The van der Waals surface area contributed by atoms with Gasteiger partial charge in [-0.3, -0.25) is 9.14 Å². The molecule has 1 saturated carbocycles. The van der Waals surface area contributed by atoms with E-state index in [2.05, 4.69) is 15.3 Å². The van der Waals surface area contributed by atoms with E-state index in [0.29, 0.717) is 48.4 Å². The standard InChI is InChI=1S/C25H27F2N5O2S/c1-35(28,32-18-5-6-18)15-16-10-19-13-20(11-16)33-8-2-3-9-34-23-12-17(26)4-7-21(23)24-22(27)14-29-25(30-19)31-24/h4,7,10-14,18,28H,2-3,5-6,8-9,15H2,1H3,(H,29,30,31). The Hall–Kier alpha value is -3.27. The number of anilines is 2. The van der Waals surface area contributed by atoms with Crippen LogP contribution in [-0.2, 0) is 15.4 Å². The highest BCUT2D eigenvalue weighted by Gasteiger charge is 2.21. The quantitative estimate of drug-likeness (QED) is 0.454. The van der Waals surface area contributed by atoms with Gasteiger partial charge in [0.15, 0.2) is 5.82 Å². The predicted molar refractivity (Wildman–Crippen MR) is 132 cm³/mol. The van der Waals surface area contributed by atoms with Crippen LogP contribution in [0.4, 0.5) is 20.4 Å². The number of ether oxygens (including phenoxy) is 2. The summed E-state index contributed by atoms with van der Waals surface area (Å²) < 4.78 is 53.8. The minimum Gasteiger partial charge on any atom is -0.494 e. The molecule has 1 atom stereocenters. The van der Waals surface area contributed by atoms with Gasteiger partial charge in [-0.2, -0.15) is 0 Å². The van der Waals surface area contributed by atoms with Crippen molar-refractivity contribution in [2.45, 2.75) is 37.5 Å². The van der Waals surface area contributed by atoms with Crippen LogP contribution >= 0.6 is 0 Å². The third-order valence-electron chi connectivity index (χ3n) is 5.61. The van der Waals surface area contributed by atoms with E-state index in [1.54, 1.807) is 0 Å². The molecule has 2 aromatic carbocycles. The second-order valence-electron chi connectivity index (χ2n) is 8.95. The molecule has 1 fully saturated rings. The van der Waals surface area contributed by atoms with Crippen molar-refractivity contribution in [2.24, 2.45) is 4.36 Å². The first-order chi connectivity index (χ1) is 16.8. The van der Waals surface area contributed by atoms with Gasteiger partial charge in [-0.25, -0.2) is 18.7 Å². The van der Waals surface area contributed by atoms with Gasteiger partial charge in [-0.15, -0.1) is 0 Å². The van der Waals surface area contributed by atoms with Gasteiger partial charge >= 0.3 is 0 Å². The van der Waals surface area contributed by atoms with E-state index in [1.165, 1.54) is 18.2 Å². The molecule has 2 heterocycles. The summed E-state index contributed by atoms with van der Waals surface area (Å²) in [6, 6.07) is 9.97. The predicted octanol–water partition coefficient (Wildman–Crippen LogP) is 6.11. The summed E-state index contributed by atoms with van der Waals surface area (Å²) >= 11 is 0. The lowest BCUT2D eigenvalue weighted by molar-refractivity contribution is 0.266. The zero-order chi connectivity index (χ0) is 24.4. The normalized spacial score (nSPS) is 17.3. The van der Waals surface area contributed by atoms with E-state index in [0.717, 1.165) is 31.0 Å². The molecule has 3 aromatic rings. The average Bonchev–Trinajstić information content (AvgIpc) is 3.60. The van der Waals surface area contributed by atoms with Gasteiger partial charge in [0.25, 0.3) is 0 Å². The fraction of sp³-hybridized carbons (Fsp3) is 0.360. The summed E-state index contributed by atoms with van der Waals surface area (Å²) in [5.74, 6) is 0.470. The maximum atomic E-state index is 14.7. The van der Waals surface area contributed by atoms with Gasteiger partial charge in [0.05, 0.1) is 25.5 Å². The first-order valence-electron chi connectivity index (χ1n) is 11.6. The Labute approximate surface area is 203 Å². The Morgan fingerprint density at radius 2 is 1.91 bits per heavy atom. The van der Waals surface area contributed by atoms with Crippen LogP contribution < -0.4 is 14.8 Å². The Bertz CT molecular complexity index is 1370. The molecule has 0 radical (unpaired) electrons. The molecule has 10 heteroatoms. The highest BCUT2D eigenvalue weighted by Crippen LogP contribution is 2.33. The molecule has 2 aliphatic rings. The molecule has 1 aliphatic carbocycles. The summed E-state index contributed by atoms with van der Waals surface area (Å²) in [4.78, 5) is 8.46. The van der Waals surface area contributed by atoms with Crippen LogP contribution in [0.15, 0.2) is 47.0 Å². The summed E-state index contributed by atoms with van der Waals surface area (Å²) in [7, 11) is -1.89. The van der Waals surface area contributed by atoms with Crippen LogP contribution in [0, 0.1) is 16.4 Å². The molecule has 0 amide bonds. The molecule has 1 aliphatic heterocycles. The maximum absolute atomic E-state index is 14.7. The lowest BCUT2D eigenvalue weighted by atomic mass is 10.1. The van der Waals surface area contributed by atoms with E-state index in [9.17, 15) is 8.78 Å². The van der Waals surface area contributed by atoms with Crippen LogP contribution in [0.25, 0.3) is 11.3 Å². The van der Waals surface area contributed by atoms with E-state index in [1.807, 2.05) is 24.5 Å². The van der Waals surface area contributed by atoms with Gasteiger partial charge in [-0.05, 0) is 55.5 Å². The molecule has 2 N–H and O–H groups in total. The fourth-order valence-electron chi connectivity index (χ4n) is 3.90. The van der Waals surface area contributed by atoms with Gasteiger partial charge in [0.2, 0.25) is 5.95 Å². The molecular weight excluding hydrogens is 472 g/mol. The van der Waals surface area contributed by atoms with E-state index in [-0.39, 0.29) is 17.4 Å². The third-order valence-corrected chi connectivity index (χ3v) is 7.27. The first-order valence-corrected chi connectivity index (χ1v) is 13.7. The van der Waals surface area contributed by atoms with Crippen molar-refractivity contribution >= 4 is 21.3 Å². The van der Waals surface area contributed by atoms with E-state index >= 15 is 0 Å². The summed E-state index contributed by atoms with van der Waals surface area (Å²) in [6.07, 6.45) is 6.52. The largest absolute Gasteiger partial charge is 0.494 e. The number of hydrogen-bond donors (Lipinski definition) is 2. The minimum absolute atomic E-state index is 0.0198. The van der Waals surface area contributed by atoms with Crippen molar-refractivity contribution in [1.82, 2.24) is 9.97 Å². The van der Waals surface area contributed by atoms with E-state index in [4.69, 9.17) is 18.6 Å². The maximum Gasteiger partial charge on any atom is 0.227 e. The number of aromatic nitrogens is 2. The Morgan fingerprint density at radius 3 is 2.71 bits per heavy atom. The molecule has 4 bridgehead atoms. The monoisotopic (exact) mass is 499 g/mol. The fourth-order valence-corrected chi connectivity index (χ4v) is 5.66. The number of nitrogens with one attached hydrogen (secondary N) is 2. The van der Waals surface area contributed by atoms with Crippen molar-refractivity contribution in [3.05, 3.63) is 59.8 Å². The van der Waals surface area contributed by atoms with Crippen molar-refractivity contribution in [2.75, 3.05) is 24.8 Å². The SMILES string of the molecule is CS(=N)(Cc1cc2cc(c1)OCCCCOc1cc(F)ccc1-c1nc(ncc1F)N2)=NC1CC1. The molecule has 5 rings (SSSR count). The molecule has 0 spiro atoms. The number of nitrogens with zero attached hydrogens (tertiary/aromatic N) is 3. The highest BCUT2D eigenvalue weighted by atomic mass is 32.2. The number of fused-ring (bicyclic) bond motifs is 6. The highest BCUT2D eigenvalue weighted by molar-refractivity contribution is 7.93. The Morgan fingerprint density at radius 1 is 1.11 bits per heavy atom. The van der Waals surface area contributed by atoms with Crippen molar-refractivity contribution in [1.29, 1.82) is 4.78 Å². The van der Waals surface area contributed by atoms with Crippen molar-refractivity contribution < 1.29 is 18.3 Å². The van der Waals surface area contributed by atoms with E-state index < -0.39 is 21.3 Å². The lowest BCUT2D eigenvalue weighted by Crippen LogP contribution is -2.05. The summed E-state index contributed by atoms with van der Waals surface area (Å²) in [5, 5.41) is 3.14. The second-order valence-corrected chi connectivity index (χ2v) is 11.5. The number of benzene rings is 2. The number of rotatable bonds is 3. The first kappa shape index (κ1) is 23.5. The lowest BCUT2D eigenvalue weighted by Gasteiger charge is -2.14. The van der Waals surface area contributed by atoms with Crippen LogP contribution in [0.5, 0.6) is 11.5 Å². The van der Waals surface area contributed by atoms with Crippen LogP contribution in [0.3, 0.4) is 0 Å². The molecule has 35 heavy (non-hydrogen) atoms. The zero-order valence-electron chi connectivity index (χ0n) is 19.4.